The van der Waals surface area contributed by atoms with E-state index in [1.54, 1.807) is 22.7 Å². The first-order valence-electron chi connectivity index (χ1n) is 7.25. The Kier molecular flexibility index (Phi) is 3.39. The molecule has 0 spiro atoms. The second-order valence-corrected chi connectivity index (χ2v) is 7.28. The van der Waals surface area contributed by atoms with Crippen LogP contribution in [0.15, 0.2) is 41.1 Å². The number of hydrogen-bond acceptors (Lipinski definition) is 4. The summed E-state index contributed by atoms with van der Waals surface area (Å²) < 4.78 is 1.97. The van der Waals surface area contributed by atoms with Crippen molar-refractivity contribution in [3.63, 3.8) is 0 Å². The molecule has 0 radical (unpaired) electrons. The highest BCUT2D eigenvalue weighted by atomic mass is 32.1. The Morgan fingerprint density at radius 2 is 2.04 bits per heavy atom. The van der Waals surface area contributed by atoms with Crippen molar-refractivity contribution in [1.82, 2.24) is 9.38 Å². The number of thiazole rings is 1. The van der Waals surface area contributed by atoms with Gasteiger partial charge in [0.15, 0.2) is 11.2 Å². The minimum Gasteiger partial charge on any atom is -0.296 e. The summed E-state index contributed by atoms with van der Waals surface area (Å²) in [5.74, 6) is 0. The van der Waals surface area contributed by atoms with Crippen LogP contribution in [0.2, 0.25) is 0 Å². The molecule has 0 atom stereocenters. The van der Waals surface area contributed by atoms with Crippen molar-refractivity contribution in [2.24, 2.45) is 0 Å². The third-order valence-electron chi connectivity index (χ3n) is 3.92. The van der Waals surface area contributed by atoms with Gasteiger partial charge in [0.2, 0.25) is 0 Å². The lowest BCUT2D eigenvalue weighted by atomic mass is 10.0. The first kappa shape index (κ1) is 14.4. The molecule has 4 rings (SSSR count). The number of benzene rings is 1. The van der Waals surface area contributed by atoms with E-state index in [4.69, 9.17) is 4.98 Å². The second kappa shape index (κ2) is 5.44. The zero-order valence-corrected chi connectivity index (χ0v) is 14.4. The summed E-state index contributed by atoms with van der Waals surface area (Å²) in [5, 5.41) is 4.11. The lowest BCUT2D eigenvalue weighted by Gasteiger charge is -2.05. The molecule has 23 heavy (non-hydrogen) atoms. The number of carbonyl (C=O) groups excluding carboxylic acids is 1. The quantitative estimate of drug-likeness (QED) is 0.480. The number of fused-ring (bicyclic) bond motifs is 1. The third-order valence-corrected chi connectivity index (χ3v) is 5.64. The first-order valence-corrected chi connectivity index (χ1v) is 9.01. The van der Waals surface area contributed by atoms with Gasteiger partial charge in [0.1, 0.15) is 11.4 Å². The van der Waals surface area contributed by atoms with E-state index in [2.05, 4.69) is 43.5 Å². The van der Waals surface area contributed by atoms with E-state index >= 15 is 0 Å². The maximum absolute atomic E-state index is 11.8. The number of aryl methyl sites for hydroxylation is 2. The molecule has 1 aromatic carbocycles. The molecule has 0 aliphatic carbocycles. The number of hydrogen-bond donors (Lipinski definition) is 0. The van der Waals surface area contributed by atoms with Crippen LogP contribution in [-0.2, 0) is 0 Å². The molecule has 4 aromatic rings. The molecule has 0 saturated heterocycles. The van der Waals surface area contributed by atoms with Crippen molar-refractivity contribution in [1.29, 1.82) is 0 Å². The molecule has 0 bridgehead atoms. The zero-order valence-electron chi connectivity index (χ0n) is 12.7. The molecule has 114 valence electrons. The number of imidazole rings is 1. The monoisotopic (exact) mass is 338 g/mol. The summed E-state index contributed by atoms with van der Waals surface area (Å²) in [6, 6.07) is 10.3. The fraction of sp³-hybridized carbons (Fsp3) is 0.111. The van der Waals surface area contributed by atoms with Gasteiger partial charge in [-0.05, 0) is 30.9 Å². The molecule has 5 heteroatoms. The lowest BCUT2D eigenvalue weighted by Crippen LogP contribution is -1.94. The second-order valence-electron chi connectivity index (χ2n) is 5.50. The van der Waals surface area contributed by atoms with Gasteiger partial charge in [0.25, 0.3) is 0 Å². The van der Waals surface area contributed by atoms with Crippen LogP contribution in [0.1, 0.15) is 21.6 Å². The molecule has 0 unspecified atom stereocenters. The van der Waals surface area contributed by atoms with E-state index in [1.807, 2.05) is 15.8 Å². The minimum absolute atomic E-state index is 0.622. The number of nitrogens with zero attached hydrogens (tertiary/aromatic N) is 2. The molecular weight excluding hydrogens is 324 g/mol. The van der Waals surface area contributed by atoms with E-state index in [-0.39, 0.29) is 0 Å². The van der Waals surface area contributed by atoms with E-state index in [0.29, 0.717) is 5.69 Å². The molecule has 0 saturated carbocycles. The molecule has 3 heterocycles. The van der Waals surface area contributed by atoms with Gasteiger partial charge in [-0.1, -0.05) is 29.8 Å². The highest BCUT2D eigenvalue weighted by Crippen LogP contribution is 2.35. The van der Waals surface area contributed by atoms with Gasteiger partial charge in [-0.15, -0.1) is 22.7 Å². The molecule has 0 fully saturated rings. The predicted octanol–water partition coefficient (Wildman–Crippen LogP) is 5.22. The molecule has 0 aliphatic rings. The van der Waals surface area contributed by atoms with Gasteiger partial charge in [-0.3, -0.25) is 9.20 Å². The fourth-order valence-corrected chi connectivity index (χ4v) is 4.57. The smallest absolute Gasteiger partial charge is 0.195 e. The van der Waals surface area contributed by atoms with Crippen LogP contribution >= 0.6 is 22.7 Å². The summed E-state index contributed by atoms with van der Waals surface area (Å²) in [4.78, 5) is 18.5. The molecule has 3 nitrogen and oxygen atoms in total. The van der Waals surface area contributed by atoms with Crippen molar-refractivity contribution < 1.29 is 4.79 Å². The molecule has 0 aliphatic heterocycles. The van der Waals surface area contributed by atoms with E-state index < -0.39 is 0 Å². The van der Waals surface area contributed by atoms with Gasteiger partial charge in [-0.2, -0.15) is 0 Å². The zero-order chi connectivity index (χ0) is 16.0. The Labute approximate surface area is 141 Å². The van der Waals surface area contributed by atoms with Gasteiger partial charge in [0, 0.05) is 10.9 Å². The average Bonchev–Trinajstić information content (AvgIpc) is 3.22. The Balaban J connectivity index is 2.00. The number of aromatic nitrogens is 2. The van der Waals surface area contributed by atoms with Crippen molar-refractivity contribution in [2.75, 3.05) is 0 Å². The summed E-state index contributed by atoms with van der Waals surface area (Å²) >= 11 is 3.23. The summed E-state index contributed by atoms with van der Waals surface area (Å²) in [5.41, 5.74) is 5.78. The third kappa shape index (κ3) is 2.24. The number of thiophene rings is 1. The van der Waals surface area contributed by atoms with Crippen molar-refractivity contribution in [3.05, 3.63) is 57.9 Å². The SMILES string of the molecule is Cc1ccc(-c2nc3scc(-c4cccs4)n3c2C=O)c(C)c1. The standard InChI is InChI=1S/C18H14N2OS2/c1-11-5-6-13(12(2)8-11)17-14(9-21)20-15(10-23-18(20)19-17)16-4-3-7-22-16/h3-10H,1-2H3. The minimum atomic E-state index is 0.622. The first-order chi connectivity index (χ1) is 11.2. The van der Waals surface area contributed by atoms with Gasteiger partial charge < -0.3 is 0 Å². The van der Waals surface area contributed by atoms with Crippen LogP contribution in [0.4, 0.5) is 0 Å². The van der Waals surface area contributed by atoms with Crippen molar-refractivity contribution in [2.45, 2.75) is 13.8 Å². The highest BCUT2D eigenvalue weighted by Gasteiger charge is 2.19. The van der Waals surface area contributed by atoms with Gasteiger partial charge >= 0.3 is 0 Å². The van der Waals surface area contributed by atoms with E-state index in [0.717, 1.165) is 38.6 Å². The van der Waals surface area contributed by atoms with Crippen LogP contribution in [0, 0.1) is 13.8 Å². The molecule has 0 N–H and O–H groups in total. The van der Waals surface area contributed by atoms with Crippen LogP contribution in [0.3, 0.4) is 0 Å². The maximum atomic E-state index is 11.8. The normalized spacial score (nSPS) is 11.2. The largest absolute Gasteiger partial charge is 0.296 e. The number of rotatable bonds is 3. The Hall–Kier alpha value is -2.24. The van der Waals surface area contributed by atoms with Crippen LogP contribution in [0.25, 0.3) is 26.8 Å². The Morgan fingerprint density at radius 1 is 1.17 bits per heavy atom. The van der Waals surface area contributed by atoms with E-state index in [1.165, 1.54) is 5.56 Å². The van der Waals surface area contributed by atoms with E-state index in [9.17, 15) is 4.79 Å². The summed E-state index contributed by atoms with van der Waals surface area (Å²) in [6.07, 6.45) is 0.915. The fourth-order valence-electron chi connectivity index (χ4n) is 2.86. The number of aldehydes is 1. The van der Waals surface area contributed by atoms with Crippen LogP contribution in [-0.4, -0.2) is 15.7 Å². The molecule has 0 amide bonds. The summed E-state index contributed by atoms with van der Waals surface area (Å²) in [7, 11) is 0. The van der Waals surface area contributed by atoms with Gasteiger partial charge in [0.05, 0.1) is 10.6 Å². The Bertz CT molecular complexity index is 1010. The van der Waals surface area contributed by atoms with Gasteiger partial charge in [-0.25, -0.2) is 4.98 Å². The van der Waals surface area contributed by atoms with Crippen molar-refractivity contribution in [3.8, 4) is 21.8 Å². The predicted molar refractivity (Wildman–Crippen MR) is 96.7 cm³/mol. The topological polar surface area (TPSA) is 34.4 Å². The lowest BCUT2D eigenvalue weighted by molar-refractivity contribution is 0.111. The average molecular weight is 338 g/mol. The molecule has 3 aromatic heterocycles. The van der Waals surface area contributed by atoms with Crippen LogP contribution < -0.4 is 0 Å². The highest BCUT2D eigenvalue weighted by molar-refractivity contribution is 7.17. The Morgan fingerprint density at radius 3 is 2.74 bits per heavy atom. The maximum Gasteiger partial charge on any atom is 0.195 e. The number of carbonyl (C=O) groups is 1. The summed E-state index contributed by atoms with van der Waals surface area (Å²) in [6.45, 7) is 4.13. The molecular formula is C18H14N2OS2. The van der Waals surface area contributed by atoms with Crippen molar-refractivity contribution >= 4 is 33.9 Å². The van der Waals surface area contributed by atoms with Crippen LogP contribution in [0.5, 0.6) is 0 Å².